The topological polar surface area (TPSA) is 121 Å². The maximum Gasteiger partial charge on any atom is 0.247 e. The molecule has 4 atom stereocenters. The fourth-order valence-corrected chi connectivity index (χ4v) is 4.46. The molecule has 0 bridgehead atoms. The van der Waals surface area contributed by atoms with Gasteiger partial charge in [0.05, 0.1) is 44.1 Å². The maximum absolute atomic E-state index is 13.1. The molecule has 9 nitrogen and oxygen atoms in total. The summed E-state index contributed by atoms with van der Waals surface area (Å²) >= 11 is 0. The van der Waals surface area contributed by atoms with Crippen molar-refractivity contribution in [2.75, 3.05) is 26.9 Å². The van der Waals surface area contributed by atoms with Crippen LogP contribution in [0.5, 0.6) is 5.75 Å². The number of amides is 2. The molecule has 0 unspecified atom stereocenters. The molecule has 2 aliphatic rings. The maximum atomic E-state index is 13.1. The Balaban J connectivity index is 1.73. The van der Waals surface area contributed by atoms with Gasteiger partial charge in [0, 0.05) is 36.9 Å². The minimum Gasteiger partial charge on any atom is -0.486 e. The number of carbonyl (C=O) groups excluding carboxylic acids is 2. The number of aliphatic hydroxyl groups excluding tert-OH is 2. The Morgan fingerprint density at radius 3 is 2.79 bits per heavy atom. The van der Waals surface area contributed by atoms with Gasteiger partial charge in [0.1, 0.15) is 18.0 Å². The number of fused-ring (bicyclic) bond motifs is 3. The van der Waals surface area contributed by atoms with E-state index >= 15 is 0 Å². The Morgan fingerprint density at radius 2 is 2.06 bits per heavy atom. The smallest absolute Gasteiger partial charge is 0.247 e. The number of hydrogen-bond acceptors (Lipinski definition) is 7. The highest BCUT2D eigenvalue weighted by Gasteiger charge is 2.50. The van der Waals surface area contributed by atoms with E-state index in [0.717, 1.165) is 11.1 Å². The first kappa shape index (κ1) is 23.0. The number of ether oxygens (including phenoxy) is 2. The van der Waals surface area contributed by atoms with Crippen LogP contribution in [-0.2, 0) is 20.9 Å². The molecule has 9 heteroatoms. The summed E-state index contributed by atoms with van der Waals surface area (Å²) in [6.07, 6.45) is 3.00. The lowest BCUT2D eigenvalue weighted by molar-refractivity contribution is -0.139. The minimum absolute atomic E-state index is 0.0921. The Bertz CT molecular complexity index is 1000. The van der Waals surface area contributed by atoms with Gasteiger partial charge < -0.3 is 34.3 Å². The second kappa shape index (κ2) is 10.2. The number of rotatable bonds is 9. The zero-order valence-electron chi connectivity index (χ0n) is 18.3. The third-order valence-corrected chi connectivity index (χ3v) is 6.01. The summed E-state index contributed by atoms with van der Waals surface area (Å²) < 4.78 is 16.3. The van der Waals surface area contributed by atoms with Crippen molar-refractivity contribution in [3.63, 3.8) is 0 Å². The van der Waals surface area contributed by atoms with Crippen molar-refractivity contribution in [2.24, 2.45) is 0 Å². The molecule has 2 aromatic rings. The van der Waals surface area contributed by atoms with E-state index in [-0.39, 0.29) is 44.5 Å². The van der Waals surface area contributed by atoms with E-state index in [1.54, 1.807) is 18.2 Å². The zero-order valence-corrected chi connectivity index (χ0v) is 18.3. The highest BCUT2D eigenvalue weighted by molar-refractivity contribution is 5.96. The molecule has 1 aliphatic carbocycles. The summed E-state index contributed by atoms with van der Waals surface area (Å²) in [5.41, 5.74) is 1.95. The molecule has 176 valence electrons. The highest BCUT2D eigenvalue weighted by Crippen LogP contribution is 2.47. The van der Waals surface area contributed by atoms with E-state index in [9.17, 15) is 14.7 Å². The van der Waals surface area contributed by atoms with Crippen molar-refractivity contribution < 1.29 is 33.7 Å². The fraction of sp³-hybridized carbons (Fsp3) is 0.417. The molecule has 2 amide bonds. The Labute approximate surface area is 191 Å². The largest absolute Gasteiger partial charge is 0.486 e. The first-order valence-corrected chi connectivity index (χ1v) is 10.9. The number of nitrogens with zero attached hydrogens (tertiary/aromatic N) is 1. The molecule has 0 fully saturated rings. The predicted octanol–water partition coefficient (Wildman–Crippen LogP) is 0.967. The van der Waals surface area contributed by atoms with Crippen molar-refractivity contribution in [3.8, 4) is 5.75 Å². The van der Waals surface area contributed by atoms with Crippen LogP contribution in [0.3, 0.4) is 0 Å². The summed E-state index contributed by atoms with van der Waals surface area (Å²) in [4.78, 5) is 27.7. The zero-order chi connectivity index (χ0) is 23.4. The molecule has 0 spiro atoms. The molecule has 33 heavy (non-hydrogen) atoms. The van der Waals surface area contributed by atoms with E-state index in [0.29, 0.717) is 11.3 Å². The third kappa shape index (κ3) is 4.66. The summed E-state index contributed by atoms with van der Waals surface area (Å²) in [7, 11) is 1.51. The van der Waals surface area contributed by atoms with E-state index < -0.39 is 24.2 Å². The lowest BCUT2D eigenvalue weighted by Gasteiger charge is -2.40. The van der Waals surface area contributed by atoms with E-state index in [1.807, 2.05) is 18.2 Å². The predicted molar refractivity (Wildman–Crippen MR) is 117 cm³/mol. The average molecular weight is 456 g/mol. The number of methoxy groups -OCH3 is 1. The molecule has 3 N–H and O–H groups in total. The second-order valence-corrected chi connectivity index (χ2v) is 8.08. The standard InChI is InChI=1S/C24H28N2O7/c1-31-10-7-20(28)26(13-15-6-11-32-14-15)18-12-17(24(30)25-8-9-27)21-16-4-2-3-5-19(16)33-23(21)22(18)29/h2-6,11-12,14,18,21-23,27,29H,7-10,13H2,1H3,(H,25,30)/t18-,21+,22+,23+/m1/s1. The molecule has 0 radical (unpaired) electrons. The Morgan fingerprint density at radius 1 is 1.24 bits per heavy atom. The van der Waals surface area contributed by atoms with Crippen LogP contribution in [0.2, 0.25) is 0 Å². The number of carbonyl (C=O) groups is 2. The van der Waals surface area contributed by atoms with Gasteiger partial charge in [-0.2, -0.15) is 0 Å². The number of benzene rings is 1. The van der Waals surface area contributed by atoms with Gasteiger partial charge in [-0.15, -0.1) is 0 Å². The van der Waals surface area contributed by atoms with Gasteiger partial charge in [0.15, 0.2) is 0 Å². The first-order valence-electron chi connectivity index (χ1n) is 10.9. The SMILES string of the molecule is COCCC(=O)N(Cc1ccoc1)[C@@H]1C=C(C(=O)NCCO)[C@@H]2c3ccccc3O[C@@H]2[C@H]1O. The molecule has 0 saturated carbocycles. The molecular formula is C24H28N2O7. The van der Waals surface area contributed by atoms with Gasteiger partial charge in [-0.05, 0) is 18.2 Å². The number of para-hydroxylation sites is 1. The van der Waals surface area contributed by atoms with E-state index in [2.05, 4.69) is 5.32 Å². The Hall–Kier alpha value is -3.14. The van der Waals surface area contributed by atoms with E-state index in [4.69, 9.17) is 19.0 Å². The van der Waals surface area contributed by atoms with Gasteiger partial charge in [-0.3, -0.25) is 9.59 Å². The molecule has 1 aromatic heterocycles. The van der Waals surface area contributed by atoms with E-state index in [1.165, 1.54) is 24.5 Å². The van der Waals surface area contributed by atoms with Crippen molar-refractivity contribution in [2.45, 2.75) is 37.1 Å². The van der Waals surface area contributed by atoms with Gasteiger partial charge >= 0.3 is 0 Å². The molecule has 2 heterocycles. The summed E-state index contributed by atoms with van der Waals surface area (Å²) in [6, 6.07) is 8.28. The second-order valence-electron chi connectivity index (χ2n) is 8.08. The Kier molecular flexibility index (Phi) is 7.12. The first-order chi connectivity index (χ1) is 16.0. The summed E-state index contributed by atoms with van der Waals surface area (Å²) in [5, 5.41) is 23.2. The van der Waals surface area contributed by atoms with Crippen LogP contribution in [0, 0.1) is 0 Å². The van der Waals surface area contributed by atoms with Crippen molar-refractivity contribution >= 4 is 11.8 Å². The van der Waals surface area contributed by atoms with Crippen LogP contribution in [-0.4, -0.2) is 72.0 Å². The molecule has 0 saturated heterocycles. The fourth-order valence-electron chi connectivity index (χ4n) is 4.46. The van der Waals surface area contributed by atoms with Crippen LogP contribution < -0.4 is 10.1 Å². The van der Waals surface area contributed by atoms with Crippen LogP contribution in [0.25, 0.3) is 0 Å². The summed E-state index contributed by atoms with van der Waals surface area (Å²) in [5.74, 6) is -0.498. The molecule has 1 aromatic carbocycles. The van der Waals surface area contributed by atoms with Crippen LogP contribution in [0.1, 0.15) is 23.5 Å². The quantitative estimate of drug-likeness (QED) is 0.514. The molecule has 4 rings (SSSR count). The van der Waals surface area contributed by atoms with Gasteiger partial charge in [0.25, 0.3) is 0 Å². The van der Waals surface area contributed by atoms with Gasteiger partial charge in [-0.25, -0.2) is 0 Å². The third-order valence-electron chi connectivity index (χ3n) is 6.01. The minimum atomic E-state index is -1.07. The van der Waals surface area contributed by atoms with Crippen molar-refractivity contribution in [3.05, 3.63) is 65.6 Å². The average Bonchev–Trinajstić information content (AvgIpc) is 3.48. The number of aliphatic hydroxyl groups is 2. The monoisotopic (exact) mass is 456 g/mol. The molecular weight excluding hydrogens is 428 g/mol. The summed E-state index contributed by atoms with van der Waals surface area (Å²) in [6.45, 7) is 0.307. The van der Waals surface area contributed by atoms with Crippen LogP contribution in [0.15, 0.2) is 58.9 Å². The number of furan rings is 1. The molecule has 1 aliphatic heterocycles. The van der Waals surface area contributed by atoms with Crippen LogP contribution in [0.4, 0.5) is 0 Å². The van der Waals surface area contributed by atoms with Gasteiger partial charge in [0.2, 0.25) is 11.8 Å². The lowest BCUT2D eigenvalue weighted by atomic mass is 9.77. The van der Waals surface area contributed by atoms with Crippen LogP contribution >= 0.6 is 0 Å². The highest BCUT2D eigenvalue weighted by atomic mass is 16.5. The number of nitrogens with one attached hydrogen (secondary N) is 1. The lowest BCUT2D eigenvalue weighted by Crippen LogP contribution is -2.55. The van der Waals surface area contributed by atoms with Crippen molar-refractivity contribution in [1.82, 2.24) is 10.2 Å². The number of hydrogen-bond donors (Lipinski definition) is 3. The van der Waals surface area contributed by atoms with Gasteiger partial charge in [-0.1, -0.05) is 18.2 Å². The van der Waals surface area contributed by atoms with Crippen molar-refractivity contribution in [1.29, 1.82) is 0 Å². The normalized spacial score (nSPS) is 23.2.